The summed E-state index contributed by atoms with van der Waals surface area (Å²) < 4.78 is 1.83. The summed E-state index contributed by atoms with van der Waals surface area (Å²) in [6.45, 7) is 7.20. The molecule has 8 heteroatoms. The molecule has 0 saturated carbocycles. The Labute approximate surface area is 185 Å². The van der Waals surface area contributed by atoms with Gasteiger partial charge in [-0.3, -0.25) is 4.79 Å². The van der Waals surface area contributed by atoms with Gasteiger partial charge in [0.2, 0.25) is 0 Å². The molecule has 2 heterocycles. The van der Waals surface area contributed by atoms with Crippen LogP contribution in [-0.4, -0.2) is 44.0 Å². The number of thioether (sulfide) groups is 1. The maximum Gasteiger partial charge on any atom is 0.251 e. The minimum absolute atomic E-state index is 0.0905. The molecule has 0 unspecified atom stereocenters. The SMILES string of the molecule is CCSc1nc(NC(C)C)c2cnn(CCNC(=O)c3cccc4ccccc34)c2n1. The third-order valence-electron chi connectivity index (χ3n) is 4.82. The van der Waals surface area contributed by atoms with Gasteiger partial charge in [-0.1, -0.05) is 55.1 Å². The quantitative estimate of drug-likeness (QED) is 0.317. The Bertz CT molecular complexity index is 1210. The summed E-state index contributed by atoms with van der Waals surface area (Å²) in [5, 5.41) is 14.5. The zero-order chi connectivity index (χ0) is 21.8. The van der Waals surface area contributed by atoms with Gasteiger partial charge in [-0.05, 0) is 36.4 Å². The van der Waals surface area contributed by atoms with Crippen LogP contribution in [0, 0.1) is 0 Å². The van der Waals surface area contributed by atoms with Crippen LogP contribution in [0.4, 0.5) is 5.82 Å². The summed E-state index contributed by atoms with van der Waals surface area (Å²) in [5.74, 6) is 1.59. The maximum absolute atomic E-state index is 12.8. The van der Waals surface area contributed by atoms with E-state index in [0.717, 1.165) is 38.5 Å². The lowest BCUT2D eigenvalue weighted by Crippen LogP contribution is -2.27. The molecule has 0 aliphatic rings. The molecule has 0 fully saturated rings. The first kappa shape index (κ1) is 21.1. The Morgan fingerprint density at radius 2 is 1.90 bits per heavy atom. The molecule has 4 rings (SSSR count). The molecular weight excluding hydrogens is 408 g/mol. The van der Waals surface area contributed by atoms with Gasteiger partial charge in [0.1, 0.15) is 5.82 Å². The highest BCUT2D eigenvalue weighted by Crippen LogP contribution is 2.25. The Balaban J connectivity index is 1.52. The smallest absolute Gasteiger partial charge is 0.251 e. The second-order valence-electron chi connectivity index (χ2n) is 7.47. The maximum atomic E-state index is 12.8. The van der Waals surface area contributed by atoms with Gasteiger partial charge in [0.05, 0.1) is 18.1 Å². The summed E-state index contributed by atoms with van der Waals surface area (Å²) >= 11 is 1.60. The predicted molar refractivity (Wildman–Crippen MR) is 127 cm³/mol. The molecule has 0 saturated heterocycles. The molecule has 0 radical (unpaired) electrons. The molecule has 2 aromatic heterocycles. The van der Waals surface area contributed by atoms with Crippen molar-refractivity contribution in [3.05, 3.63) is 54.2 Å². The number of hydrogen-bond donors (Lipinski definition) is 2. The minimum atomic E-state index is -0.0905. The molecule has 0 spiro atoms. The van der Waals surface area contributed by atoms with Crippen LogP contribution in [0.15, 0.2) is 53.8 Å². The van der Waals surface area contributed by atoms with Crippen molar-refractivity contribution in [3.8, 4) is 0 Å². The van der Waals surface area contributed by atoms with E-state index in [4.69, 9.17) is 0 Å². The average molecular weight is 435 g/mol. The van der Waals surface area contributed by atoms with Crippen LogP contribution >= 0.6 is 11.8 Å². The normalized spacial score (nSPS) is 11.4. The minimum Gasteiger partial charge on any atom is -0.367 e. The number of amides is 1. The van der Waals surface area contributed by atoms with Crippen molar-refractivity contribution in [2.24, 2.45) is 0 Å². The number of aromatic nitrogens is 4. The molecule has 0 atom stereocenters. The zero-order valence-corrected chi connectivity index (χ0v) is 18.7. The average Bonchev–Trinajstić information content (AvgIpc) is 3.16. The molecule has 2 aromatic carbocycles. The molecule has 7 nitrogen and oxygen atoms in total. The number of hydrogen-bond acceptors (Lipinski definition) is 6. The molecule has 2 N–H and O–H groups in total. The summed E-state index contributed by atoms with van der Waals surface area (Å²) in [6.07, 6.45) is 1.78. The Morgan fingerprint density at radius 3 is 2.71 bits per heavy atom. The highest BCUT2D eigenvalue weighted by Gasteiger charge is 2.15. The Kier molecular flexibility index (Phi) is 6.36. The molecule has 1 amide bonds. The third kappa shape index (κ3) is 4.64. The summed E-state index contributed by atoms with van der Waals surface area (Å²) in [5.41, 5.74) is 1.45. The zero-order valence-electron chi connectivity index (χ0n) is 17.9. The van der Waals surface area contributed by atoms with Crippen LogP contribution in [0.1, 0.15) is 31.1 Å². The van der Waals surface area contributed by atoms with Crippen molar-refractivity contribution < 1.29 is 4.79 Å². The number of fused-ring (bicyclic) bond motifs is 2. The number of anilines is 1. The number of carbonyl (C=O) groups is 1. The predicted octanol–water partition coefficient (Wildman–Crippen LogP) is 4.34. The van der Waals surface area contributed by atoms with Gasteiger partial charge in [-0.15, -0.1) is 0 Å². The van der Waals surface area contributed by atoms with Crippen molar-refractivity contribution in [2.75, 3.05) is 17.6 Å². The van der Waals surface area contributed by atoms with E-state index in [9.17, 15) is 4.79 Å². The van der Waals surface area contributed by atoms with E-state index >= 15 is 0 Å². The van der Waals surface area contributed by atoms with Crippen LogP contribution in [0.5, 0.6) is 0 Å². The highest BCUT2D eigenvalue weighted by molar-refractivity contribution is 7.99. The van der Waals surface area contributed by atoms with Crippen molar-refractivity contribution in [1.82, 2.24) is 25.1 Å². The van der Waals surface area contributed by atoms with E-state index in [2.05, 4.69) is 46.5 Å². The second-order valence-corrected chi connectivity index (χ2v) is 8.71. The number of nitrogens with zero attached hydrogens (tertiary/aromatic N) is 4. The van der Waals surface area contributed by atoms with Crippen molar-refractivity contribution in [3.63, 3.8) is 0 Å². The summed E-state index contributed by atoms with van der Waals surface area (Å²) in [7, 11) is 0. The van der Waals surface area contributed by atoms with Crippen molar-refractivity contribution in [1.29, 1.82) is 0 Å². The molecular formula is C23H26N6OS. The second kappa shape index (κ2) is 9.34. The van der Waals surface area contributed by atoms with E-state index in [1.165, 1.54) is 0 Å². The van der Waals surface area contributed by atoms with Crippen molar-refractivity contribution >= 4 is 45.3 Å². The topological polar surface area (TPSA) is 84.7 Å². The van der Waals surface area contributed by atoms with Gasteiger partial charge in [0, 0.05) is 18.2 Å². The van der Waals surface area contributed by atoms with Gasteiger partial charge in [-0.2, -0.15) is 5.10 Å². The summed E-state index contributed by atoms with van der Waals surface area (Å²) in [4.78, 5) is 22.1. The van der Waals surface area contributed by atoms with Gasteiger partial charge in [-0.25, -0.2) is 14.6 Å². The fraction of sp³-hybridized carbons (Fsp3) is 0.304. The van der Waals surface area contributed by atoms with E-state index < -0.39 is 0 Å². The molecule has 4 aromatic rings. The van der Waals surface area contributed by atoms with E-state index in [1.54, 1.807) is 18.0 Å². The van der Waals surface area contributed by atoms with E-state index in [1.807, 2.05) is 47.1 Å². The molecule has 31 heavy (non-hydrogen) atoms. The summed E-state index contributed by atoms with van der Waals surface area (Å²) in [6, 6.07) is 13.9. The molecule has 0 aliphatic heterocycles. The lowest BCUT2D eigenvalue weighted by atomic mass is 10.0. The fourth-order valence-corrected chi connectivity index (χ4v) is 4.04. The highest BCUT2D eigenvalue weighted by atomic mass is 32.2. The van der Waals surface area contributed by atoms with E-state index in [0.29, 0.717) is 18.7 Å². The van der Waals surface area contributed by atoms with Gasteiger partial charge < -0.3 is 10.6 Å². The standard InChI is InChI=1S/C23H26N6OS/c1-4-31-23-27-20(26-15(2)3)19-14-25-29(21(19)28-23)13-12-24-22(30)18-11-7-9-16-8-5-6-10-17(16)18/h5-11,14-15H,4,12-13H2,1-3H3,(H,24,30)(H,26,27,28). The third-order valence-corrected chi connectivity index (χ3v) is 5.55. The lowest BCUT2D eigenvalue weighted by Gasteiger charge is -2.12. The Morgan fingerprint density at radius 1 is 1.10 bits per heavy atom. The number of carbonyl (C=O) groups excluding carboxylic acids is 1. The van der Waals surface area contributed by atoms with Crippen LogP contribution < -0.4 is 10.6 Å². The first-order valence-electron chi connectivity index (χ1n) is 10.5. The number of rotatable bonds is 8. The van der Waals surface area contributed by atoms with Gasteiger partial charge >= 0.3 is 0 Å². The Hall–Kier alpha value is -3.13. The van der Waals surface area contributed by atoms with Crippen LogP contribution in [0.2, 0.25) is 0 Å². The molecule has 0 aliphatic carbocycles. The molecule has 160 valence electrons. The van der Waals surface area contributed by atoms with Crippen LogP contribution in [0.25, 0.3) is 21.8 Å². The van der Waals surface area contributed by atoms with E-state index in [-0.39, 0.29) is 11.9 Å². The molecule has 0 bridgehead atoms. The van der Waals surface area contributed by atoms with Crippen LogP contribution in [0.3, 0.4) is 0 Å². The lowest BCUT2D eigenvalue weighted by molar-refractivity contribution is 0.0953. The van der Waals surface area contributed by atoms with Crippen LogP contribution in [-0.2, 0) is 6.54 Å². The van der Waals surface area contributed by atoms with Gasteiger partial charge in [0.15, 0.2) is 10.8 Å². The largest absolute Gasteiger partial charge is 0.367 e. The first-order valence-corrected chi connectivity index (χ1v) is 11.4. The number of nitrogens with one attached hydrogen (secondary N) is 2. The monoisotopic (exact) mass is 434 g/mol. The first-order chi connectivity index (χ1) is 15.1. The van der Waals surface area contributed by atoms with Gasteiger partial charge in [0.25, 0.3) is 5.91 Å². The van der Waals surface area contributed by atoms with Crippen molar-refractivity contribution in [2.45, 2.75) is 38.5 Å². The fourth-order valence-electron chi connectivity index (χ4n) is 3.47. The number of benzene rings is 2.